The minimum absolute atomic E-state index is 0.0120. The van der Waals surface area contributed by atoms with Crippen LogP contribution in [0.1, 0.15) is 43.8 Å². The van der Waals surface area contributed by atoms with E-state index in [2.05, 4.69) is 47.2 Å². The van der Waals surface area contributed by atoms with Crippen molar-refractivity contribution >= 4 is 0 Å². The molecule has 0 saturated carbocycles. The Balaban J connectivity index is 1.65. The van der Waals surface area contributed by atoms with Gasteiger partial charge in [-0.25, -0.2) is 0 Å². The molecule has 3 nitrogen and oxygen atoms in total. The molecular weight excluding hydrogens is 260 g/mol. The van der Waals surface area contributed by atoms with Crippen LogP contribution in [0.3, 0.4) is 0 Å². The van der Waals surface area contributed by atoms with Gasteiger partial charge in [0.15, 0.2) is 0 Å². The van der Waals surface area contributed by atoms with Crippen LogP contribution in [0.25, 0.3) is 0 Å². The lowest BCUT2D eigenvalue weighted by Gasteiger charge is -2.45. The normalized spacial score (nSPS) is 33.2. The molecule has 1 spiro atoms. The molecule has 0 unspecified atom stereocenters. The van der Waals surface area contributed by atoms with Crippen LogP contribution in [0.15, 0.2) is 30.3 Å². The first-order valence-electron chi connectivity index (χ1n) is 8.47. The van der Waals surface area contributed by atoms with Crippen LogP contribution < -0.4 is 0 Å². The van der Waals surface area contributed by atoms with Gasteiger partial charge in [-0.3, -0.25) is 4.90 Å². The lowest BCUT2D eigenvalue weighted by molar-refractivity contribution is -0.138. The average Bonchev–Trinajstić information content (AvgIpc) is 2.87. The highest BCUT2D eigenvalue weighted by molar-refractivity contribution is 5.22. The molecule has 0 amide bonds. The van der Waals surface area contributed by atoms with E-state index in [4.69, 9.17) is 4.74 Å². The Kier molecular flexibility index (Phi) is 3.52. The summed E-state index contributed by atoms with van der Waals surface area (Å²) in [6.45, 7) is 3.53. The Labute approximate surface area is 127 Å². The Morgan fingerprint density at radius 1 is 1.05 bits per heavy atom. The molecule has 0 aromatic heterocycles. The van der Waals surface area contributed by atoms with Gasteiger partial charge in [0.05, 0.1) is 0 Å². The number of hydrogen-bond donors (Lipinski definition) is 0. The summed E-state index contributed by atoms with van der Waals surface area (Å²) in [5, 5.41) is 0. The third-order valence-electron chi connectivity index (χ3n) is 5.66. The number of piperidine rings is 2. The smallest absolute Gasteiger partial charge is 0.125 e. The molecular formula is C18H26N2O. The summed E-state index contributed by atoms with van der Waals surface area (Å²) in [7, 11) is 2.23. The van der Waals surface area contributed by atoms with E-state index < -0.39 is 0 Å². The average molecular weight is 286 g/mol. The number of nitrogens with zero attached hydrogens (tertiary/aromatic N) is 2. The van der Waals surface area contributed by atoms with E-state index in [0.717, 1.165) is 25.9 Å². The zero-order valence-electron chi connectivity index (χ0n) is 13.0. The van der Waals surface area contributed by atoms with E-state index >= 15 is 0 Å². The molecule has 3 saturated heterocycles. The molecule has 1 aromatic carbocycles. The first-order valence-corrected chi connectivity index (χ1v) is 8.47. The van der Waals surface area contributed by atoms with Crippen molar-refractivity contribution in [3.8, 4) is 0 Å². The number of benzene rings is 1. The Morgan fingerprint density at radius 2 is 1.81 bits per heavy atom. The van der Waals surface area contributed by atoms with E-state index in [0.29, 0.717) is 6.04 Å². The number of hydrogen-bond acceptors (Lipinski definition) is 3. The second-order valence-electron chi connectivity index (χ2n) is 6.96. The van der Waals surface area contributed by atoms with Gasteiger partial charge >= 0.3 is 0 Å². The van der Waals surface area contributed by atoms with Crippen LogP contribution in [-0.4, -0.2) is 48.2 Å². The number of fused-ring (bicyclic) bond motifs is 2. The van der Waals surface area contributed by atoms with Crippen LogP contribution in [-0.2, 0) is 4.74 Å². The maximum atomic E-state index is 6.77. The van der Waals surface area contributed by atoms with Gasteiger partial charge < -0.3 is 9.64 Å². The molecule has 21 heavy (non-hydrogen) atoms. The summed E-state index contributed by atoms with van der Waals surface area (Å²) >= 11 is 0. The summed E-state index contributed by atoms with van der Waals surface area (Å²) in [5.41, 5.74) is 1.38. The summed E-state index contributed by atoms with van der Waals surface area (Å²) < 4.78 is 6.77. The van der Waals surface area contributed by atoms with Gasteiger partial charge in [-0.1, -0.05) is 36.8 Å². The number of likely N-dealkylation sites (tertiary alicyclic amines) is 1. The Morgan fingerprint density at radius 3 is 2.57 bits per heavy atom. The van der Waals surface area contributed by atoms with Gasteiger partial charge in [-0.15, -0.1) is 0 Å². The maximum Gasteiger partial charge on any atom is 0.125 e. The second-order valence-corrected chi connectivity index (χ2v) is 6.96. The minimum atomic E-state index is 0.0120. The molecule has 1 aromatic rings. The van der Waals surface area contributed by atoms with E-state index in [-0.39, 0.29) is 11.8 Å². The predicted octanol–water partition coefficient (Wildman–Crippen LogP) is 3.03. The van der Waals surface area contributed by atoms with Gasteiger partial charge in [-0.05, 0) is 25.5 Å². The van der Waals surface area contributed by atoms with Crippen LogP contribution in [0, 0.1) is 0 Å². The molecule has 0 bridgehead atoms. The zero-order chi connectivity index (χ0) is 14.3. The summed E-state index contributed by atoms with van der Waals surface area (Å²) in [6, 6.07) is 11.5. The third kappa shape index (κ3) is 2.32. The van der Waals surface area contributed by atoms with Crippen LogP contribution in [0.4, 0.5) is 0 Å². The number of ether oxygens (including phenoxy) is 1. The van der Waals surface area contributed by atoms with Gasteiger partial charge in [0.2, 0.25) is 0 Å². The van der Waals surface area contributed by atoms with E-state index in [1.54, 1.807) is 0 Å². The molecule has 0 radical (unpaired) electrons. The molecule has 0 aliphatic carbocycles. The molecule has 3 fully saturated rings. The van der Waals surface area contributed by atoms with Crippen molar-refractivity contribution in [2.75, 3.05) is 26.7 Å². The standard InChI is InChI=1S/C18H26N2O/c1-19-13-10-18(11-14-19)20-12-6-5-9-16(20)17(21-18)15-7-3-2-4-8-15/h2-4,7-8,16-17H,5-6,9-14H2,1H3/t16-,17-/m0/s1. The van der Waals surface area contributed by atoms with E-state index in [1.165, 1.54) is 31.4 Å². The van der Waals surface area contributed by atoms with Crippen molar-refractivity contribution in [1.29, 1.82) is 0 Å². The van der Waals surface area contributed by atoms with Crippen molar-refractivity contribution in [2.45, 2.75) is 50.0 Å². The molecule has 0 N–H and O–H groups in total. The zero-order valence-corrected chi connectivity index (χ0v) is 13.0. The van der Waals surface area contributed by atoms with Crippen molar-refractivity contribution in [3.63, 3.8) is 0 Å². The van der Waals surface area contributed by atoms with Gasteiger partial charge in [-0.2, -0.15) is 0 Å². The molecule has 3 aliphatic rings. The Bertz CT molecular complexity index is 481. The maximum absolute atomic E-state index is 6.77. The lowest BCUT2D eigenvalue weighted by atomic mass is 9.91. The summed E-state index contributed by atoms with van der Waals surface area (Å²) in [4.78, 5) is 5.16. The minimum Gasteiger partial charge on any atom is -0.351 e. The Hall–Kier alpha value is -0.900. The van der Waals surface area contributed by atoms with Crippen LogP contribution >= 0.6 is 0 Å². The highest BCUT2D eigenvalue weighted by Crippen LogP contribution is 2.49. The molecule has 4 rings (SSSR count). The lowest BCUT2D eigenvalue weighted by Crippen LogP contribution is -2.55. The topological polar surface area (TPSA) is 15.7 Å². The summed E-state index contributed by atoms with van der Waals surface area (Å²) in [6.07, 6.45) is 6.56. The van der Waals surface area contributed by atoms with Crippen molar-refractivity contribution < 1.29 is 4.74 Å². The van der Waals surface area contributed by atoms with Crippen molar-refractivity contribution in [2.24, 2.45) is 0 Å². The van der Waals surface area contributed by atoms with Crippen molar-refractivity contribution in [1.82, 2.24) is 9.80 Å². The first-order chi connectivity index (χ1) is 10.3. The quantitative estimate of drug-likeness (QED) is 0.789. The molecule has 3 heteroatoms. The van der Waals surface area contributed by atoms with Crippen molar-refractivity contribution in [3.05, 3.63) is 35.9 Å². The van der Waals surface area contributed by atoms with E-state index in [1.807, 2.05) is 0 Å². The second kappa shape index (κ2) is 5.38. The fourth-order valence-corrected chi connectivity index (χ4v) is 4.47. The molecule has 114 valence electrons. The van der Waals surface area contributed by atoms with E-state index in [9.17, 15) is 0 Å². The molecule has 3 heterocycles. The highest BCUT2D eigenvalue weighted by atomic mass is 16.5. The largest absolute Gasteiger partial charge is 0.351 e. The highest BCUT2D eigenvalue weighted by Gasteiger charge is 2.54. The third-order valence-corrected chi connectivity index (χ3v) is 5.66. The summed E-state index contributed by atoms with van der Waals surface area (Å²) in [5.74, 6) is 0. The molecule has 2 atom stereocenters. The molecule has 3 aliphatic heterocycles. The SMILES string of the molecule is CN1CCC2(CC1)O[C@@H](c1ccccc1)[C@@H]1CCCCN12. The van der Waals surface area contributed by atoms with Gasteiger partial charge in [0.25, 0.3) is 0 Å². The number of rotatable bonds is 1. The van der Waals surface area contributed by atoms with Gasteiger partial charge in [0, 0.05) is 38.5 Å². The van der Waals surface area contributed by atoms with Gasteiger partial charge in [0.1, 0.15) is 11.8 Å². The first kappa shape index (κ1) is 13.7. The van der Waals surface area contributed by atoms with Crippen LogP contribution in [0.2, 0.25) is 0 Å². The fraction of sp³-hybridized carbons (Fsp3) is 0.667. The predicted molar refractivity (Wildman–Crippen MR) is 84.1 cm³/mol. The fourth-order valence-electron chi connectivity index (χ4n) is 4.47. The van der Waals surface area contributed by atoms with Crippen LogP contribution in [0.5, 0.6) is 0 Å². The monoisotopic (exact) mass is 286 g/mol.